The molecule has 7 nitrogen and oxygen atoms in total. The molecule has 176 valence electrons. The molecule has 1 atom stereocenters. The van der Waals surface area contributed by atoms with E-state index >= 15 is 0 Å². The average Bonchev–Trinajstić information content (AvgIpc) is 3.32. The SMILES string of the molecule is CC1=C(C(=O)Nc2ccc(Cl)cc2)[C@H](c2ccc(OCc3ccc(Cl)cc3)cc2)n2ncnc2N1. The fraction of sp³-hybridized carbons (Fsp3) is 0.115. The zero-order valence-corrected chi connectivity index (χ0v) is 20.2. The lowest BCUT2D eigenvalue weighted by Gasteiger charge is -2.28. The van der Waals surface area contributed by atoms with Gasteiger partial charge in [-0.3, -0.25) is 4.79 Å². The van der Waals surface area contributed by atoms with Crippen LogP contribution in [0.25, 0.3) is 0 Å². The number of nitrogens with zero attached hydrogens (tertiary/aromatic N) is 3. The first kappa shape index (κ1) is 23.0. The molecule has 0 bridgehead atoms. The van der Waals surface area contributed by atoms with Crippen molar-refractivity contribution in [1.29, 1.82) is 0 Å². The van der Waals surface area contributed by atoms with Crippen LogP contribution in [-0.4, -0.2) is 20.7 Å². The number of allylic oxidation sites excluding steroid dienone is 1. The van der Waals surface area contributed by atoms with Crippen molar-refractivity contribution in [2.75, 3.05) is 10.6 Å². The lowest BCUT2D eigenvalue weighted by molar-refractivity contribution is -0.113. The highest BCUT2D eigenvalue weighted by Crippen LogP contribution is 2.36. The molecule has 4 aromatic rings. The van der Waals surface area contributed by atoms with Gasteiger partial charge in [-0.05, 0) is 66.6 Å². The Labute approximate surface area is 212 Å². The van der Waals surface area contributed by atoms with Crippen LogP contribution in [0.4, 0.5) is 11.6 Å². The second kappa shape index (κ2) is 9.82. The molecule has 35 heavy (non-hydrogen) atoms. The number of hydrogen-bond acceptors (Lipinski definition) is 5. The van der Waals surface area contributed by atoms with E-state index in [4.69, 9.17) is 27.9 Å². The van der Waals surface area contributed by atoms with Crippen LogP contribution >= 0.6 is 23.2 Å². The normalized spacial score (nSPS) is 14.8. The Morgan fingerprint density at radius 1 is 1.00 bits per heavy atom. The molecule has 0 radical (unpaired) electrons. The van der Waals surface area contributed by atoms with Gasteiger partial charge >= 0.3 is 0 Å². The average molecular weight is 506 g/mol. The summed E-state index contributed by atoms with van der Waals surface area (Å²) in [6.45, 7) is 2.27. The summed E-state index contributed by atoms with van der Waals surface area (Å²) in [6.07, 6.45) is 1.46. The molecule has 2 heterocycles. The first-order valence-electron chi connectivity index (χ1n) is 10.9. The van der Waals surface area contributed by atoms with E-state index < -0.39 is 6.04 Å². The van der Waals surface area contributed by atoms with Crippen molar-refractivity contribution < 1.29 is 9.53 Å². The molecule has 0 saturated heterocycles. The van der Waals surface area contributed by atoms with Gasteiger partial charge in [0, 0.05) is 21.4 Å². The van der Waals surface area contributed by atoms with Gasteiger partial charge in [0.2, 0.25) is 5.95 Å². The summed E-state index contributed by atoms with van der Waals surface area (Å²) in [6, 6.07) is 21.7. The Hall–Kier alpha value is -3.81. The zero-order chi connectivity index (χ0) is 24.4. The summed E-state index contributed by atoms with van der Waals surface area (Å²) in [5.74, 6) is 1.04. The van der Waals surface area contributed by atoms with Crippen molar-refractivity contribution in [3.63, 3.8) is 0 Å². The van der Waals surface area contributed by atoms with Gasteiger partial charge in [-0.15, -0.1) is 0 Å². The van der Waals surface area contributed by atoms with E-state index in [0.717, 1.165) is 11.1 Å². The number of benzene rings is 3. The van der Waals surface area contributed by atoms with E-state index in [9.17, 15) is 4.79 Å². The molecule has 1 aliphatic heterocycles. The smallest absolute Gasteiger partial charge is 0.255 e. The minimum atomic E-state index is -0.466. The van der Waals surface area contributed by atoms with E-state index in [0.29, 0.717) is 45.3 Å². The number of rotatable bonds is 6. The van der Waals surface area contributed by atoms with Crippen LogP contribution in [0.3, 0.4) is 0 Å². The predicted octanol–water partition coefficient (Wildman–Crippen LogP) is 6.09. The van der Waals surface area contributed by atoms with Crippen LogP contribution in [0, 0.1) is 0 Å². The van der Waals surface area contributed by atoms with Crippen molar-refractivity contribution in [2.45, 2.75) is 19.6 Å². The second-order valence-electron chi connectivity index (χ2n) is 8.04. The van der Waals surface area contributed by atoms with Crippen LogP contribution in [0.15, 0.2) is 90.4 Å². The van der Waals surface area contributed by atoms with E-state index in [2.05, 4.69) is 20.7 Å². The number of hydrogen-bond donors (Lipinski definition) is 2. The first-order chi connectivity index (χ1) is 17.0. The number of amides is 1. The van der Waals surface area contributed by atoms with Crippen LogP contribution < -0.4 is 15.4 Å². The maximum atomic E-state index is 13.4. The summed E-state index contributed by atoms with van der Waals surface area (Å²) in [7, 11) is 0. The summed E-state index contributed by atoms with van der Waals surface area (Å²) >= 11 is 11.9. The molecule has 1 aromatic heterocycles. The van der Waals surface area contributed by atoms with Gasteiger partial charge in [0.25, 0.3) is 5.91 Å². The fourth-order valence-electron chi connectivity index (χ4n) is 3.92. The Morgan fingerprint density at radius 3 is 2.34 bits per heavy atom. The van der Waals surface area contributed by atoms with Gasteiger partial charge in [-0.25, -0.2) is 4.68 Å². The highest BCUT2D eigenvalue weighted by Gasteiger charge is 2.33. The number of anilines is 2. The lowest BCUT2D eigenvalue weighted by atomic mass is 9.95. The van der Waals surface area contributed by atoms with Crippen molar-refractivity contribution in [3.05, 3.63) is 112 Å². The molecule has 0 fully saturated rings. The molecule has 2 N–H and O–H groups in total. The third-order valence-electron chi connectivity index (χ3n) is 5.66. The molecule has 0 saturated carbocycles. The number of carbonyl (C=O) groups excluding carboxylic acids is 1. The molecule has 0 spiro atoms. The van der Waals surface area contributed by atoms with E-state index in [-0.39, 0.29) is 5.91 Å². The molecule has 1 amide bonds. The van der Waals surface area contributed by atoms with Gasteiger partial charge in [0.05, 0.1) is 5.57 Å². The monoisotopic (exact) mass is 505 g/mol. The van der Waals surface area contributed by atoms with Crippen LogP contribution in [0.5, 0.6) is 5.75 Å². The van der Waals surface area contributed by atoms with Crippen molar-refractivity contribution in [3.8, 4) is 5.75 Å². The minimum absolute atomic E-state index is 0.244. The number of halogens is 2. The van der Waals surface area contributed by atoms with Crippen molar-refractivity contribution in [2.24, 2.45) is 0 Å². The van der Waals surface area contributed by atoms with Gasteiger partial charge in [0.15, 0.2) is 0 Å². The number of nitrogens with one attached hydrogen (secondary N) is 2. The van der Waals surface area contributed by atoms with E-state index in [1.807, 2.05) is 55.5 Å². The molecule has 0 unspecified atom stereocenters. The molecular weight excluding hydrogens is 485 g/mol. The maximum absolute atomic E-state index is 13.4. The minimum Gasteiger partial charge on any atom is -0.489 e. The van der Waals surface area contributed by atoms with Crippen LogP contribution in [0.2, 0.25) is 10.0 Å². The summed E-state index contributed by atoms with van der Waals surface area (Å²) in [5, 5.41) is 11.8. The molecule has 0 aliphatic carbocycles. The quantitative estimate of drug-likeness (QED) is 0.331. The standard InChI is InChI=1S/C26H21Cl2N5O2/c1-16-23(25(34)32-21-10-8-20(28)9-11-21)24(33-26(31-16)29-15-30-33)18-4-12-22(13-5-18)35-14-17-2-6-19(27)7-3-17/h2-13,15,24H,14H2,1H3,(H,32,34)(H,29,30,31)/t24-/m0/s1. The zero-order valence-electron chi connectivity index (χ0n) is 18.7. The van der Waals surface area contributed by atoms with Gasteiger partial charge in [0.1, 0.15) is 24.7 Å². The highest BCUT2D eigenvalue weighted by molar-refractivity contribution is 6.30. The Morgan fingerprint density at radius 2 is 1.66 bits per heavy atom. The van der Waals surface area contributed by atoms with E-state index in [1.165, 1.54) is 6.33 Å². The van der Waals surface area contributed by atoms with E-state index in [1.54, 1.807) is 28.9 Å². The Balaban J connectivity index is 1.40. The Bertz CT molecular complexity index is 1380. The predicted molar refractivity (Wildman–Crippen MR) is 137 cm³/mol. The number of carbonyl (C=O) groups is 1. The van der Waals surface area contributed by atoms with Gasteiger partial charge in [-0.2, -0.15) is 10.1 Å². The van der Waals surface area contributed by atoms with Gasteiger partial charge in [-0.1, -0.05) is 47.5 Å². The number of aromatic nitrogens is 3. The lowest BCUT2D eigenvalue weighted by Crippen LogP contribution is -2.31. The topological polar surface area (TPSA) is 81.1 Å². The summed E-state index contributed by atoms with van der Waals surface area (Å²) in [5.41, 5.74) is 3.77. The molecule has 9 heteroatoms. The Kier molecular flexibility index (Phi) is 6.44. The summed E-state index contributed by atoms with van der Waals surface area (Å²) in [4.78, 5) is 17.7. The molecule has 3 aromatic carbocycles. The maximum Gasteiger partial charge on any atom is 0.255 e. The molecular formula is C26H21Cl2N5O2. The molecule has 1 aliphatic rings. The third-order valence-corrected chi connectivity index (χ3v) is 6.16. The van der Waals surface area contributed by atoms with Gasteiger partial charge < -0.3 is 15.4 Å². The van der Waals surface area contributed by atoms with Crippen molar-refractivity contribution in [1.82, 2.24) is 14.8 Å². The molecule has 5 rings (SSSR count). The van der Waals surface area contributed by atoms with Crippen LogP contribution in [0.1, 0.15) is 24.1 Å². The fourth-order valence-corrected chi connectivity index (χ4v) is 4.17. The number of ether oxygens (including phenoxy) is 1. The number of fused-ring (bicyclic) bond motifs is 1. The highest BCUT2D eigenvalue weighted by atomic mass is 35.5. The van der Waals surface area contributed by atoms with Crippen molar-refractivity contribution >= 4 is 40.7 Å². The first-order valence-corrected chi connectivity index (χ1v) is 11.6. The summed E-state index contributed by atoms with van der Waals surface area (Å²) < 4.78 is 7.62. The third kappa shape index (κ3) is 5.01. The van der Waals surface area contributed by atoms with Crippen LogP contribution in [-0.2, 0) is 11.4 Å². The largest absolute Gasteiger partial charge is 0.489 e. The second-order valence-corrected chi connectivity index (χ2v) is 8.91.